The molecule has 3 heteroatoms. The Bertz CT molecular complexity index is 277. The average molecular weight is 259 g/mol. The number of benzene rings is 1. The van der Waals surface area contributed by atoms with Crippen molar-refractivity contribution in [1.29, 1.82) is 0 Å². The van der Waals surface area contributed by atoms with Crippen molar-refractivity contribution >= 4 is 15.9 Å². The van der Waals surface area contributed by atoms with Gasteiger partial charge in [0.2, 0.25) is 0 Å². The number of ether oxygens (including phenoxy) is 1. The average Bonchev–Trinajstić information content (AvgIpc) is 2.01. The van der Waals surface area contributed by atoms with E-state index in [2.05, 4.69) is 29.8 Å². The van der Waals surface area contributed by atoms with Crippen LogP contribution in [0.2, 0.25) is 0 Å². The first-order valence-corrected chi connectivity index (χ1v) is 5.49. The fraction of sp³-hybridized carbons (Fsp3) is 0.455. The summed E-state index contributed by atoms with van der Waals surface area (Å²) in [5.74, 6) is 1.56. The highest BCUT2D eigenvalue weighted by Gasteiger charge is 2.00. The Morgan fingerprint density at radius 3 is 2.64 bits per heavy atom. The van der Waals surface area contributed by atoms with Crippen molar-refractivity contribution in [3.63, 3.8) is 0 Å². The second-order valence-electron chi connectivity index (χ2n) is 3.68. The van der Waals surface area contributed by atoms with Crippen molar-refractivity contribution < 1.29 is 9.84 Å². The maximum atomic E-state index is 9.29. The lowest BCUT2D eigenvalue weighted by Crippen LogP contribution is -2.01. The standard InChI is InChI=1S/C11H15BrO2/c1-8(2)3-4-14-11-6-9(12)5-10(13)7-11/h5-8,13H,3-4H2,1-2H3. The van der Waals surface area contributed by atoms with E-state index in [1.54, 1.807) is 12.1 Å². The van der Waals surface area contributed by atoms with Crippen LogP contribution in [0.15, 0.2) is 22.7 Å². The first-order chi connectivity index (χ1) is 6.58. The fourth-order valence-corrected chi connectivity index (χ4v) is 1.50. The second kappa shape index (κ2) is 5.25. The van der Waals surface area contributed by atoms with Gasteiger partial charge in [-0.3, -0.25) is 0 Å². The highest BCUT2D eigenvalue weighted by molar-refractivity contribution is 9.10. The Balaban J connectivity index is 2.50. The molecule has 1 aromatic rings. The summed E-state index contributed by atoms with van der Waals surface area (Å²) < 4.78 is 6.32. The van der Waals surface area contributed by atoms with Crippen LogP contribution >= 0.6 is 15.9 Å². The minimum absolute atomic E-state index is 0.221. The molecule has 0 atom stereocenters. The predicted molar refractivity (Wildman–Crippen MR) is 60.8 cm³/mol. The zero-order valence-electron chi connectivity index (χ0n) is 8.46. The molecule has 1 aromatic carbocycles. The highest BCUT2D eigenvalue weighted by atomic mass is 79.9. The van der Waals surface area contributed by atoms with Gasteiger partial charge in [0.15, 0.2) is 0 Å². The van der Waals surface area contributed by atoms with E-state index >= 15 is 0 Å². The molecule has 14 heavy (non-hydrogen) atoms. The molecule has 0 radical (unpaired) electrons. The van der Waals surface area contributed by atoms with E-state index < -0.39 is 0 Å². The maximum Gasteiger partial charge on any atom is 0.124 e. The van der Waals surface area contributed by atoms with Gasteiger partial charge in [0, 0.05) is 10.5 Å². The van der Waals surface area contributed by atoms with Crippen LogP contribution in [0, 0.1) is 5.92 Å². The molecule has 1 N–H and O–H groups in total. The van der Waals surface area contributed by atoms with Crippen molar-refractivity contribution in [2.45, 2.75) is 20.3 Å². The van der Waals surface area contributed by atoms with E-state index in [9.17, 15) is 5.11 Å². The smallest absolute Gasteiger partial charge is 0.124 e. The van der Waals surface area contributed by atoms with Gasteiger partial charge in [0.25, 0.3) is 0 Å². The summed E-state index contributed by atoms with van der Waals surface area (Å²) in [5.41, 5.74) is 0. The quantitative estimate of drug-likeness (QED) is 0.895. The Hall–Kier alpha value is -0.700. The van der Waals surface area contributed by atoms with Crippen molar-refractivity contribution in [2.24, 2.45) is 5.92 Å². The minimum atomic E-state index is 0.221. The van der Waals surface area contributed by atoms with Crippen molar-refractivity contribution in [3.05, 3.63) is 22.7 Å². The zero-order chi connectivity index (χ0) is 10.6. The Morgan fingerprint density at radius 1 is 1.36 bits per heavy atom. The number of hydrogen-bond donors (Lipinski definition) is 1. The molecule has 1 rings (SSSR count). The molecule has 0 aromatic heterocycles. The number of aromatic hydroxyl groups is 1. The third kappa shape index (κ3) is 4.01. The zero-order valence-corrected chi connectivity index (χ0v) is 10.0. The topological polar surface area (TPSA) is 29.5 Å². The SMILES string of the molecule is CC(C)CCOc1cc(O)cc(Br)c1. The van der Waals surface area contributed by atoms with Crippen LogP contribution < -0.4 is 4.74 Å². The van der Waals surface area contributed by atoms with Gasteiger partial charge in [-0.15, -0.1) is 0 Å². The van der Waals surface area contributed by atoms with Crippen molar-refractivity contribution in [3.8, 4) is 11.5 Å². The molecular formula is C11H15BrO2. The molecular weight excluding hydrogens is 244 g/mol. The van der Waals surface area contributed by atoms with E-state index in [1.165, 1.54) is 0 Å². The van der Waals surface area contributed by atoms with Crippen LogP contribution in [0.1, 0.15) is 20.3 Å². The number of phenols is 1. The minimum Gasteiger partial charge on any atom is -0.508 e. The third-order valence-corrected chi connectivity index (χ3v) is 2.28. The maximum absolute atomic E-state index is 9.29. The van der Waals surface area contributed by atoms with Gasteiger partial charge >= 0.3 is 0 Å². The van der Waals surface area contributed by atoms with Gasteiger partial charge in [-0.2, -0.15) is 0 Å². The molecule has 0 bridgehead atoms. The lowest BCUT2D eigenvalue weighted by Gasteiger charge is -2.08. The van der Waals surface area contributed by atoms with Crippen LogP contribution in [0.4, 0.5) is 0 Å². The molecule has 78 valence electrons. The molecule has 0 amide bonds. The number of hydrogen-bond acceptors (Lipinski definition) is 2. The largest absolute Gasteiger partial charge is 0.508 e. The van der Waals surface area contributed by atoms with Gasteiger partial charge in [-0.05, 0) is 24.5 Å². The summed E-state index contributed by atoms with van der Waals surface area (Å²) in [6.07, 6.45) is 1.02. The molecule has 0 saturated heterocycles. The van der Waals surface area contributed by atoms with Crippen LogP contribution in [0.5, 0.6) is 11.5 Å². The lowest BCUT2D eigenvalue weighted by atomic mass is 10.1. The molecule has 0 unspecified atom stereocenters. The molecule has 0 aliphatic heterocycles. The Labute approximate surface area is 93.0 Å². The van der Waals surface area contributed by atoms with Crippen LogP contribution in [-0.4, -0.2) is 11.7 Å². The van der Waals surface area contributed by atoms with Crippen molar-refractivity contribution in [1.82, 2.24) is 0 Å². The van der Waals surface area contributed by atoms with Gasteiger partial charge in [0.1, 0.15) is 11.5 Å². The molecule has 0 heterocycles. The first kappa shape index (κ1) is 11.4. The number of rotatable bonds is 4. The molecule has 0 fully saturated rings. The van der Waals surface area contributed by atoms with Gasteiger partial charge in [0.05, 0.1) is 6.61 Å². The molecule has 0 saturated carbocycles. The molecule has 0 spiro atoms. The van der Waals surface area contributed by atoms with Gasteiger partial charge < -0.3 is 9.84 Å². The van der Waals surface area contributed by atoms with E-state index in [1.807, 2.05) is 6.07 Å². The fourth-order valence-electron chi connectivity index (χ4n) is 1.04. The predicted octanol–water partition coefficient (Wildman–Crippen LogP) is 3.58. The summed E-state index contributed by atoms with van der Waals surface area (Å²) >= 11 is 3.29. The summed E-state index contributed by atoms with van der Waals surface area (Å²) in [4.78, 5) is 0. The monoisotopic (exact) mass is 258 g/mol. The number of halogens is 1. The Kier molecular flexibility index (Phi) is 4.26. The summed E-state index contributed by atoms with van der Waals surface area (Å²) in [6.45, 7) is 5.00. The summed E-state index contributed by atoms with van der Waals surface area (Å²) in [5, 5.41) is 9.29. The van der Waals surface area contributed by atoms with Crippen LogP contribution in [-0.2, 0) is 0 Å². The summed E-state index contributed by atoms with van der Waals surface area (Å²) in [6, 6.07) is 5.10. The molecule has 2 nitrogen and oxygen atoms in total. The van der Waals surface area contributed by atoms with Crippen LogP contribution in [0.25, 0.3) is 0 Å². The van der Waals surface area contributed by atoms with E-state index in [0.29, 0.717) is 18.3 Å². The van der Waals surface area contributed by atoms with E-state index in [0.717, 1.165) is 10.9 Å². The van der Waals surface area contributed by atoms with Gasteiger partial charge in [-0.1, -0.05) is 29.8 Å². The van der Waals surface area contributed by atoms with E-state index in [-0.39, 0.29) is 5.75 Å². The first-order valence-electron chi connectivity index (χ1n) is 4.70. The van der Waals surface area contributed by atoms with E-state index in [4.69, 9.17) is 4.74 Å². The third-order valence-electron chi connectivity index (χ3n) is 1.82. The molecule has 0 aliphatic rings. The molecule has 0 aliphatic carbocycles. The van der Waals surface area contributed by atoms with Gasteiger partial charge in [-0.25, -0.2) is 0 Å². The summed E-state index contributed by atoms with van der Waals surface area (Å²) in [7, 11) is 0. The highest BCUT2D eigenvalue weighted by Crippen LogP contribution is 2.25. The normalized spacial score (nSPS) is 10.6. The van der Waals surface area contributed by atoms with Crippen molar-refractivity contribution in [2.75, 3.05) is 6.61 Å². The second-order valence-corrected chi connectivity index (χ2v) is 4.59. The lowest BCUT2D eigenvalue weighted by molar-refractivity contribution is 0.288. The van der Waals surface area contributed by atoms with Crippen LogP contribution in [0.3, 0.4) is 0 Å². The Morgan fingerprint density at radius 2 is 2.07 bits per heavy atom. The number of phenolic OH excluding ortho intramolecular Hbond substituents is 1.